The molecule has 0 aromatic carbocycles. The van der Waals surface area contributed by atoms with Gasteiger partial charge in [0.15, 0.2) is 0 Å². The lowest BCUT2D eigenvalue weighted by atomic mass is 10.3. The topological polar surface area (TPSA) is 85.3 Å². The first-order valence-electron chi connectivity index (χ1n) is 5.20. The van der Waals surface area contributed by atoms with E-state index in [2.05, 4.69) is 4.98 Å². The van der Waals surface area contributed by atoms with E-state index < -0.39 is 4.92 Å². The molecule has 1 heterocycles. The van der Waals surface area contributed by atoms with Crippen LogP contribution in [0.3, 0.4) is 0 Å². The van der Waals surface area contributed by atoms with Gasteiger partial charge in [0, 0.05) is 19.7 Å². The van der Waals surface area contributed by atoms with Crippen LogP contribution < -0.4 is 10.6 Å². The molecule has 6 nitrogen and oxygen atoms in total. The number of nitro groups is 1. The van der Waals surface area contributed by atoms with E-state index in [-0.39, 0.29) is 5.69 Å². The zero-order valence-corrected chi connectivity index (χ0v) is 9.09. The van der Waals surface area contributed by atoms with Gasteiger partial charge in [0.25, 0.3) is 0 Å². The van der Waals surface area contributed by atoms with Gasteiger partial charge in [0.2, 0.25) is 5.82 Å². The molecule has 2 rings (SSSR count). The van der Waals surface area contributed by atoms with Gasteiger partial charge in [0.05, 0.1) is 4.92 Å². The second kappa shape index (κ2) is 3.96. The van der Waals surface area contributed by atoms with Crippen molar-refractivity contribution >= 4 is 17.3 Å². The van der Waals surface area contributed by atoms with Crippen LogP contribution >= 0.6 is 0 Å². The van der Waals surface area contributed by atoms with Crippen molar-refractivity contribution in [2.75, 3.05) is 24.2 Å². The monoisotopic (exact) mass is 222 g/mol. The molecule has 0 saturated heterocycles. The summed E-state index contributed by atoms with van der Waals surface area (Å²) in [6.07, 6.45) is 2.39. The van der Waals surface area contributed by atoms with Crippen molar-refractivity contribution in [1.29, 1.82) is 0 Å². The van der Waals surface area contributed by atoms with Crippen LogP contribution in [0, 0.1) is 16.0 Å². The molecule has 0 spiro atoms. The highest BCUT2D eigenvalue weighted by molar-refractivity contribution is 5.60. The Morgan fingerprint density at radius 1 is 1.62 bits per heavy atom. The lowest BCUT2D eigenvalue weighted by Gasteiger charge is -2.17. The Labute approximate surface area is 93.2 Å². The summed E-state index contributed by atoms with van der Waals surface area (Å²) < 4.78 is 0. The first-order chi connectivity index (χ1) is 7.58. The maximum atomic E-state index is 10.8. The average molecular weight is 222 g/mol. The molecule has 2 N–H and O–H groups in total. The number of nitrogens with zero attached hydrogens (tertiary/aromatic N) is 3. The summed E-state index contributed by atoms with van der Waals surface area (Å²) in [6, 6.07) is 2.85. The minimum Gasteiger partial charge on any atom is -0.384 e. The molecule has 0 amide bonds. The van der Waals surface area contributed by atoms with Crippen LogP contribution in [0.4, 0.5) is 17.3 Å². The van der Waals surface area contributed by atoms with Gasteiger partial charge in [-0.1, -0.05) is 0 Å². The summed E-state index contributed by atoms with van der Waals surface area (Å²) in [7, 11) is 1.81. The van der Waals surface area contributed by atoms with Crippen molar-refractivity contribution in [2.45, 2.75) is 12.8 Å². The number of nitrogens with two attached hydrogens (primary N) is 1. The quantitative estimate of drug-likeness (QED) is 0.615. The van der Waals surface area contributed by atoms with Gasteiger partial charge in [-0.3, -0.25) is 10.1 Å². The Morgan fingerprint density at radius 2 is 2.31 bits per heavy atom. The predicted octanol–water partition coefficient (Wildman–Crippen LogP) is 1.42. The maximum absolute atomic E-state index is 10.8. The molecule has 0 aliphatic heterocycles. The summed E-state index contributed by atoms with van der Waals surface area (Å²) >= 11 is 0. The number of aromatic nitrogens is 1. The normalized spacial score (nSPS) is 14.8. The smallest absolute Gasteiger partial charge is 0.311 e. The van der Waals surface area contributed by atoms with E-state index in [1.807, 2.05) is 11.9 Å². The van der Waals surface area contributed by atoms with E-state index in [9.17, 15) is 10.1 Å². The summed E-state index contributed by atoms with van der Waals surface area (Å²) in [5.41, 5.74) is 5.56. The zero-order valence-electron chi connectivity index (χ0n) is 9.09. The fraction of sp³-hybridized carbons (Fsp3) is 0.500. The fourth-order valence-electron chi connectivity index (χ4n) is 1.65. The van der Waals surface area contributed by atoms with Gasteiger partial charge in [-0.15, -0.1) is 0 Å². The highest BCUT2D eigenvalue weighted by atomic mass is 16.6. The van der Waals surface area contributed by atoms with Crippen LogP contribution in [0.15, 0.2) is 12.1 Å². The SMILES string of the molecule is CN(CC1CC1)c1nc(N)ccc1[N+](=O)[O-]. The van der Waals surface area contributed by atoms with Crippen LogP contribution in [0.25, 0.3) is 0 Å². The lowest BCUT2D eigenvalue weighted by molar-refractivity contribution is -0.384. The number of rotatable bonds is 4. The van der Waals surface area contributed by atoms with Crippen LogP contribution in [0.5, 0.6) is 0 Å². The third-order valence-electron chi connectivity index (χ3n) is 2.66. The molecule has 1 aromatic heterocycles. The summed E-state index contributed by atoms with van der Waals surface area (Å²) in [4.78, 5) is 16.3. The standard InChI is InChI=1S/C10H14N4O2/c1-13(6-7-2-3-7)10-8(14(15)16)4-5-9(11)12-10/h4-5,7H,2-3,6H2,1H3,(H2,11,12). The van der Waals surface area contributed by atoms with Gasteiger partial charge < -0.3 is 10.6 Å². The lowest BCUT2D eigenvalue weighted by Crippen LogP contribution is -2.22. The van der Waals surface area contributed by atoms with Crippen molar-refractivity contribution in [3.8, 4) is 0 Å². The second-order valence-corrected chi connectivity index (χ2v) is 4.16. The van der Waals surface area contributed by atoms with Gasteiger partial charge >= 0.3 is 5.69 Å². The molecule has 1 aliphatic carbocycles. The van der Waals surface area contributed by atoms with E-state index in [1.54, 1.807) is 0 Å². The highest BCUT2D eigenvalue weighted by Crippen LogP contribution is 2.33. The molecule has 0 atom stereocenters. The van der Waals surface area contributed by atoms with E-state index in [0.717, 1.165) is 6.54 Å². The Kier molecular flexibility index (Phi) is 2.64. The Morgan fingerprint density at radius 3 is 2.88 bits per heavy atom. The largest absolute Gasteiger partial charge is 0.384 e. The van der Waals surface area contributed by atoms with Crippen molar-refractivity contribution in [3.05, 3.63) is 22.2 Å². The number of pyridine rings is 1. The zero-order chi connectivity index (χ0) is 11.7. The molecule has 0 unspecified atom stereocenters. The molecule has 1 saturated carbocycles. The van der Waals surface area contributed by atoms with Crippen molar-refractivity contribution in [3.63, 3.8) is 0 Å². The number of nitrogen functional groups attached to an aromatic ring is 1. The molecule has 86 valence electrons. The Balaban J connectivity index is 2.27. The van der Waals surface area contributed by atoms with E-state index in [4.69, 9.17) is 5.73 Å². The summed E-state index contributed by atoms with van der Waals surface area (Å²) in [5, 5.41) is 10.8. The van der Waals surface area contributed by atoms with Crippen molar-refractivity contribution < 1.29 is 4.92 Å². The van der Waals surface area contributed by atoms with E-state index in [0.29, 0.717) is 17.6 Å². The van der Waals surface area contributed by atoms with Gasteiger partial charge in [-0.05, 0) is 24.8 Å². The summed E-state index contributed by atoms with van der Waals surface area (Å²) in [5.74, 6) is 1.31. The van der Waals surface area contributed by atoms with Crippen molar-refractivity contribution in [2.24, 2.45) is 5.92 Å². The highest BCUT2D eigenvalue weighted by Gasteiger charge is 2.26. The minimum absolute atomic E-state index is 0.0114. The average Bonchev–Trinajstić information content (AvgIpc) is 3.01. The first-order valence-corrected chi connectivity index (χ1v) is 5.20. The predicted molar refractivity (Wildman–Crippen MR) is 61.3 cm³/mol. The molecule has 16 heavy (non-hydrogen) atoms. The third kappa shape index (κ3) is 2.21. The van der Waals surface area contributed by atoms with Gasteiger partial charge in [-0.25, -0.2) is 4.98 Å². The van der Waals surface area contributed by atoms with E-state index in [1.165, 1.54) is 25.0 Å². The van der Waals surface area contributed by atoms with Crippen LogP contribution in [-0.4, -0.2) is 23.5 Å². The molecule has 1 fully saturated rings. The molecule has 0 radical (unpaired) electrons. The molecular weight excluding hydrogens is 208 g/mol. The number of hydrogen-bond donors (Lipinski definition) is 1. The van der Waals surface area contributed by atoms with Gasteiger partial charge in [0.1, 0.15) is 5.82 Å². The Hall–Kier alpha value is -1.85. The number of anilines is 2. The molecule has 6 heteroatoms. The summed E-state index contributed by atoms with van der Waals surface area (Å²) in [6.45, 7) is 0.803. The molecule has 1 aromatic rings. The molecule has 0 bridgehead atoms. The minimum atomic E-state index is -0.425. The van der Waals surface area contributed by atoms with Crippen LogP contribution in [0.1, 0.15) is 12.8 Å². The first kappa shape index (κ1) is 10.7. The Bertz CT molecular complexity index is 417. The van der Waals surface area contributed by atoms with Crippen molar-refractivity contribution in [1.82, 2.24) is 4.98 Å². The molecular formula is C10H14N4O2. The fourth-order valence-corrected chi connectivity index (χ4v) is 1.65. The van der Waals surface area contributed by atoms with Crippen LogP contribution in [0.2, 0.25) is 0 Å². The van der Waals surface area contributed by atoms with Crippen LogP contribution in [-0.2, 0) is 0 Å². The van der Waals surface area contributed by atoms with E-state index >= 15 is 0 Å². The second-order valence-electron chi connectivity index (χ2n) is 4.16. The van der Waals surface area contributed by atoms with Gasteiger partial charge in [-0.2, -0.15) is 0 Å². The third-order valence-corrected chi connectivity index (χ3v) is 2.66. The number of hydrogen-bond acceptors (Lipinski definition) is 5. The molecule has 1 aliphatic rings. The maximum Gasteiger partial charge on any atom is 0.311 e.